The molecule has 1 unspecified atom stereocenters. The first-order valence-electron chi connectivity index (χ1n) is 5.87. The summed E-state index contributed by atoms with van der Waals surface area (Å²) in [6.45, 7) is 3.65. The molecule has 0 aromatic heterocycles. The number of aliphatic hydroxyl groups excluding tert-OH is 1. The van der Waals surface area contributed by atoms with Crippen molar-refractivity contribution in [2.45, 2.75) is 32.5 Å². The molecule has 4 heteroatoms. The number of benzene rings is 1. The molecule has 0 aliphatic heterocycles. The lowest BCUT2D eigenvalue weighted by Crippen LogP contribution is -2.23. The SMILES string of the molecule is CC(O)CCN(C)Cc1ccc(F)cc1CN. The Morgan fingerprint density at radius 3 is 2.71 bits per heavy atom. The van der Waals surface area contributed by atoms with Gasteiger partial charge in [-0.1, -0.05) is 6.07 Å². The molecule has 96 valence electrons. The van der Waals surface area contributed by atoms with Crippen LogP contribution in [0.2, 0.25) is 0 Å². The molecular weight excluding hydrogens is 219 g/mol. The second kappa shape index (κ2) is 6.69. The zero-order valence-electron chi connectivity index (χ0n) is 10.5. The van der Waals surface area contributed by atoms with E-state index < -0.39 is 0 Å². The number of aliphatic hydroxyl groups is 1. The van der Waals surface area contributed by atoms with Gasteiger partial charge in [-0.05, 0) is 43.7 Å². The number of hydrogen-bond donors (Lipinski definition) is 2. The molecule has 1 aromatic rings. The van der Waals surface area contributed by atoms with Crippen molar-refractivity contribution in [3.8, 4) is 0 Å². The Balaban J connectivity index is 2.61. The lowest BCUT2D eigenvalue weighted by Gasteiger charge is -2.19. The van der Waals surface area contributed by atoms with E-state index in [1.54, 1.807) is 13.0 Å². The smallest absolute Gasteiger partial charge is 0.123 e. The summed E-state index contributed by atoms with van der Waals surface area (Å²) >= 11 is 0. The zero-order valence-corrected chi connectivity index (χ0v) is 10.5. The Hall–Kier alpha value is -0.970. The maximum absolute atomic E-state index is 13.0. The van der Waals surface area contributed by atoms with Crippen LogP contribution in [0.15, 0.2) is 18.2 Å². The predicted molar refractivity (Wildman–Crippen MR) is 66.9 cm³/mol. The molecule has 1 aromatic carbocycles. The van der Waals surface area contributed by atoms with E-state index >= 15 is 0 Å². The largest absolute Gasteiger partial charge is 0.393 e. The fourth-order valence-electron chi connectivity index (χ4n) is 1.72. The van der Waals surface area contributed by atoms with E-state index in [1.165, 1.54) is 12.1 Å². The minimum Gasteiger partial charge on any atom is -0.393 e. The van der Waals surface area contributed by atoms with Crippen LogP contribution in [0.5, 0.6) is 0 Å². The zero-order chi connectivity index (χ0) is 12.8. The molecule has 0 amide bonds. The van der Waals surface area contributed by atoms with Crippen LogP contribution < -0.4 is 5.73 Å². The minimum absolute atomic E-state index is 0.249. The second-order valence-corrected chi connectivity index (χ2v) is 4.49. The standard InChI is InChI=1S/C13H21FN2O/c1-10(17)5-6-16(2)9-11-3-4-13(14)7-12(11)8-15/h3-4,7,10,17H,5-6,8-9,15H2,1-2H3. The topological polar surface area (TPSA) is 49.5 Å². The van der Waals surface area contributed by atoms with Crippen LogP contribution in [-0.4, -0.2) is 29.7 Å². The van der Waals surface area contributed by atoms with Crippen molar-refractivity contribution < 1.29 is 9.50 Å². The number of rotatable bonds is 6. The summed E-state index contributed by atoms with van der Waals surface area (Å²) in [5, 5.41) is 9.21. The van der Waals surface area contributed by atoms with E-state index in [1.807, 2.05) is 7.05 Å². The highest BCUT2D eigenvalue weighted by atomic mass is 19.1. The van der Waals surface area contributed by atoms with Crippen molar-refractivity contribution in [1.29, 1.82) is 0 Å². The molecule has 1 rings (SSSR count). The number of nitrogens with zero attached hydrogens (tertiary/aromatic N) is 1. The Bertz CT molecular complexity index is 355. The monoisotopic (exact) mass is 240 g/mol. The van der Waals surface area contributed by atoms with Crippen LogP contribution in [0.25, 0.3) is 0 Å². The summed E-state index contributed by atoms with van der Waals surface area (Å²) in [6, 6.07) is 4.71. The second-order valence-electron chi connectivity index (χ2n) is 4.49. The third-order valence-electron chi connectivity index (χ3n) is 2.76. The summed E-state index contributed by atoms with van der Waals surface area (Å²) in [7, 11) is 1.98. The summed E-state index contributed by atoms with van der Waals surface area (Å²) in [5.41, 5.74) is 7.48. The van der Waals surface area contributed by atoms with E-state index in [9.17, 15) is 9.50 Å². The first-order chi connectivity index (χ1) is 8.02. The molecule has 0 saturated heterocycles. The van der Waals surface area contributed by atoms with E-state index in [0.717, 1.165) is 30.6 Å². The van der Waals surface area contributed by atoms with Gasteiger partial charge < -0.3 is 15.7 Å². The van der Waals surface area contributed by atoms with Crippen molar-refractivity contribution >= 4 is 0 Å². The van der Waals surface area contributed by atoms with Crippen molar-refractivity contribution in [1.82, 2.24) is 4.90 Å². The Labute approximate surface area is 102 Å². The molecule has 0 bridgehead atoms. The van der Waals surface area contributed by atoms with Gasteiger partial charge in [0.1, 0.15) is 5.82 Å². The van der Waals surface area contributed by atoms with E-state index in [0.29, 0.717) is 6.54 Å². The normalized spacial score (nSPS) is 13.1. The van der Waals surface area contributed by atoms with Crippen LogP contribution in [0.3, 0.4) is 0 Å². The van der Waals surface area contributed by atoms with E-state index in [2.05, 4.69) is 4.90 Å². The molecule has 0 aliphatic rings. The average Bonchev–Trinajstić information content (AvgIpc) is 2.28. The molecule has 0 heterocycles. The Morgan fingerprint density at radius 2 is 2.12 bits per heavy atom. The molecule has 0 aliphatic carbocycles. The maximum Gasteiger partial charge on any atom is 0.123 e. The highest BCUT2D eigenvalue weighted by Gasteiger charge is 2.07. The highest BCUT2D eigenvalue weighted by Crippen LogP contribution is 2.13. The van der Waals surface area contributed by atoms with Crippen molar-refractivity contribution in [3.05, 3.63) is 35.1 Å². The molecule has 0 fully saturated rings. The quantitative estimate of drug-likeness (QED) is 0.792. The highest BCUT2D eigenvalue weighted by molar-refractivity contribution is 5.27. The van der Waals surface area contributed by atoms with Crippen LogP contribution >= 0.6 is 0 Å². The fraction of sp³-hybridized carbons (Fsp3) is 0.538. The van der Waals surface area contributed by atoms with Gasteiger partial charge in [-0.2, -0.15) is 0 Å². The van der Waals surface area contributed by atoms with Gasteiger partial charge in [-0.3, -0.25) is 0 Å². The Morgan fingerprint density at radius 1 is 1.41 bits per heavy atom. The van der Waals surface area contributed by atoms with Gasteiger partial charge in [-0.15, -0.1) is 0 Å². The van der Waals surface area contributed by atoms with Gasteiger partial charge >= 0.3 is 0 Å². The third-order valence-corrected chi connectivity index (χ3v) is 2.76. The predicted octanol–water partition coefficient (Wildman–Crippen LogP) is 1.49. The van der Waals surface area contributed by atoms with Gasteiger partial charge in [0, 0.05) is 19.6 Å². The van der Waals surface area contributed by atoms with Crippen LogP contribution in [0, 0.1) is 5.82 Å². The molecule has 17 heavy (non-hydrogen) atoms. The molecule has 3 nitrogen and oxygen atoms in total. The Kier molecular flexibility index (Phi) is 5.55. The van der Waals surface area contributed by atoms with Crippen molar-refractivity contribution in [2.24, 2.45) is 5.73 Å². The summed E-state index contributed by atoms with van der Waals surface area (Å²) in [5.74, 6) is -0.249. The summed E-state index contributed by atoms with van der Waals surface area (Å²) in [6.07, 6.45) is 0.440. The number of halogens is 1. The molecule has 0 radical (unpaired) electrons. The average molecular weight is 240 g/mol. The molecule has 0 saturated carbocycles. The lowest BCUT2D eigenvalue weighted by atomic mass is 10.1. The third kappa shape index (κ3) is 4.81. The van der Waals surface area contributed by atoms with Crippen LogP contribution in [-0.2, 0) is 13.1 Å². The molecular formula is C13H21FN2O. The first-order valence-corrected chi connectivity index (χ1v) is 5.87. The van der Waals surface area contributed by atoms with Crippen LogP contribution in [0.1, 0.15) is 24.5 Å². The van der Waals surface area contributed by atoms with Gasteiger partial charge in [0.2, 0.25) is 0 Å². The van der Waals surface area contributed by atoms with E-state index in [4.69, 9.17) is 5.73 Å². The van der Waals surface area contributed by atoms with Gasteiger partial charge in [0.15, 0.2) is 0 Å². The molecule has 1 atom stereocenters. The lowest BCUT2D eigenvalue weighted by molar-refractivity contribution is 0.163. The molecule has 0 spiro atoms. The number of nitrogens with two attached hydrogens (primary N) is 1. The van der Waals surface area contributed by atoms with Crippen molar-refractivity contribution in [3.63, 3.8) is 0 Å². The van der Waals surface area contributed by atoms with E-state index in [-0.39, 0.29) is 11.9 Å². The number of hydrogen-bond acceptors (Lipinski definition) is 3. The van der Waals surface area contributed by atoms with Gasteiger partial charge in [0.05, 0.1) is 6.10 Å². The van der Waals surface area contributed by atoms with Gasteiger partial charge in [0.25, 0.3) is 0 Å². The maximum atomic E-state index is 13.0. The first kappa shape index (κ1) is 14.1. The van der Waals surface area contributed by atoms with Crippen LogP contribution in [0.4, 0.5) is 4.39 Å². The minimum atomic E-state index is -0.292. The van der Waals surface area contributed by atoms with Gasteiger partial charge in [-0.25, -0.2) is 4.39 Å². The fourth-order valence-corrected chi connectivity index (χ4v) is 1.72. The van der Waals surface area contributed by atoms with Crippen molar-refractivity contribution in [2.75, 3.05) is 13.6 Å². The summed E-state index contributed by atoms with van der Waals surface area (Å²) in [4.78, 5) is 2.10. The summed E-state index contributed by atoms with van der Waals surface area (Å²) < 4.78 is 13.0. The molecule has 3 N–H and O–H groups in total.